The van der Waals surface area contributed by atoms with Gasteiger partial charge in [0.05, 0.1) is 5.92 Å². The Labute approximate surface area is 156 Å². The number of ether oxygens (including phenoxy) is 1. The molecule has 146 valence electrons. The molecule has 2 aliphatic rings. The van der Waals surface area contributed by atoms with Gasteiger partial charge in [-0.1, -0.05) is 67.2 Å². The van der Waals surface area contributed by atoms with Crippen LogP contribution in [-0.2, 0) is 9.53 Å². The summed E-state index contributed by atoms with van der Waals surface area (Å²) in [5.41, 5.74) is 0. The Balaban J connectivity index is 1.91. The first kappa shape index (κ1) is 20.8. The van der Waals surface area contributed by atoms with Gasteiger partial charge in [-0.25, -0.2) is 0 Å². The van der Waals surface area contributed by atoms with Gasteiger partial charge in [0.1, 0.15) is 6.10 Å². The first-order valence-corrected chi connectivity index (χ1v) is 11.1. The number of carbonyl (C=O) groups is 1. The molecule has 0 radical (unpaired) electrons. The van der Waals surface area contributed by atoms with E-state index in [1.807, 2.05) is 0 Å². The lowest BCUT2D eigenvalue weighted by molar-refractivity contribution is -0.165. The summed E-state index contributed by atoms with van der Waals surface area (Å²) < 4.78 is 6.11. The van der Waals surface area contributed by atoms with E-state index in [0.717, 1.165) is 24.7 Å². The fraction of sp³-hybridized carbons (Fsp3) is 0.957. The van der Waals surface area contributed by atoms with Gasteiger partial charge in [0.2, 0.25) is 0 Å². The largest absolute Gasteiger partial charge is 0.462 e. The summed E-state index contributed by atoms with van der Waals surface area (Å²) >= 11 is 0. The average molecular weight is 351 g/mol. The molecule has 2 nitrogen and oxygen atoms in total. The summed E-state index contributed by atoms with van der Waals surface area (Å²) in [5, 5.41) is 0. The Bertz CT molecular complexity index is 418. The van der Waals surface area contributed by atoms with Crippen LogP contribution in [0.1, 0.15) is 92.9 Å². The van der Waals surface area contributed by atoms with Crippen molar-refractivity contribution in [1.82, 2.24) is 0 Å². The topological polar surface area (TPSA) is 26.3 Å². The molecule has 0 aliphatic heterocycles. The highest BCUT2D eigenvalue weighted by Crippen LogP contribution is 2.43. The second kappa shape index (κ2) is 9.42. The summed E-state index contributed by atoms with van der Waals surface area (Å²) in [6.07, 6.45) is 9.83. The van der Waals surface area contributed by atoms with Gasteiger partial charge in [0, 0.05) is 0 Å². The van der Waals surface area contributed by atoms with E-state index in [9.17, 15) is 4.79 Å². The lowest BCUT2D eigenvalue weighted by atomic mass is 9.66. The average Bonchev–Trinajstić information content (AvgIpc) is 2.59. The molecular weight excluding hydrogens is 308 g/mol. The predicted molar refractivity (Wildman–Crippen MR) is 105 cm³/mol. The predicted octanol–water partition coefficient (Wildman–Crippen LogP) is 6.48. The van der Waals surface area contributed by atoms with Crippen molar-refractivity contribution in [3.8, 4) is 0 Å². The Morgan fingerprint density at radius 2 is 1.28 bits per heavy atom. The van der Waals surface area contributed by atoms with E-state index in [1.165, 1.54) is 38.5 Å². The van der Waals surface area contributed by atoms with Gasteiger partial charge in [-0.05, 0) is 61.2 Å². The number of hydrogen-bond acceptors (Lipinski definition) is 2. The highest BCUT2D eigenvalue weighted by molar-refractivity contribution is 5.73. The maximum absolute atomic E-state index is 12.9. The first-order chi connectivity index (χ1) is 11.9. The second-order valence-corrected chi connectivity index (χ2v) is 9.27. The maximum atomic E-state index is 12.9. The summed E-state index contributed by atoms with van der Waals surface area (Å²) in [5.74, 6) is 4.11. The Morgan fingerprint density at radius 1 is 0.760 bits per heavy atom. The zero-order chi connectivity index (χ0) is 18.6. The molecule has 8 atom stereocenters. The lowest BCUT2D eigenvalue weighted by Gasteiger charge is -2.42. The third-order valence-corrected chi connectivity index (χ3v) is 7.93. The van der Waals surface area contributed by atoms with Crippen LogP contribution in [0, 0.1) is 41.4 Å². The highest BCUT2D eigenvalue weighted by Gasteiger charge is 2.41. The van der Waals surface area contributed by atoms with Gasteiger partial charge in [-0.2, -0.15) is 0 Å². The standard InChI is InChI=1S/C23H42O2/c1-7-9-19-11-13-21(17(5)15(19)3)23(24)25-22-14-12-20(10-8-2)16(4)18(22)6/h15-22H,7-14H2,1-6H3. The van der Waals surface area contributed by atoms with Gasteiger partial charge in [-0.15, -0.1) is 0 Å². The summed E-state index contributed by atoms with van der Waals surface area (Å²) in [6, 6.07) is 0. The number of rotatable bonds is 6. The monoisotopic (exact) mass is 350 g/mol. The van der Waals surface area contributed by atoms with Gasteiger partial charge >= 0.3 is 5.97 Å². The van der Waals surface area contributed by atoms with Crippen LogP contribution in [0.3, 0.4) is 0 Å². The van der Waals surface area contributed by atoms with Crippen molar-refractivity contribution >= 4 is 5.97 Å². The molecule has 0 spiro atoms. The third kappa shape index (κ3) is 4.80. The van der Waals surface area contributed by atoms with Crippen molar-refractivity contribution in [2.45, 2.75) is 99.0 Å². The van der Waals surface area contributed by atoms with E-state index < -0.39 is 0 Å². The molecule has 2 heteroatoms. The van der Waals surface area contributed by atoms with E-state index in [-0.39, 0.29) is 18.0 Å². The molecule has 2 fully saturated rings. The van der Waals surface area contributed by atoms with E-state index in [4.69, 9.17) is 4.74 Å². The Hall–Kier alpha value is -0.530. The van der Waals surface area contributed by atoms with E-state index in [1.54, 1.807) is 0 Å². The minimum absolute atomic E-state index is 0.104. The Kier molecular flexibility index (Phi) is 7.83. The molecule has 25 heavy (non-hydrogen) atoms. The lowest BCUT2D eigenvalue weighted by Crippen LogP contribution is -2.42. The molecule has 2 saturated carbocycles. The van der Waals surface area contributed by atoms with E-state index in [2.05, 4.69) is 41.5 Å². The van der Waals surface area contributed by atoms with Crippen LogP contribution in [-0.4, -0.2) is 12.1 Å². The molecule has 0 saturated heterocycles. The van der Waals surface area contributed by atoms with Crippen LogP contribution >= 0.6 is 0 Å². The minimum atomic E-state index is 0.104. The van der Waals surface area contributed by atoms with Crippen LogP contribution in [0.25, 0.3) is 0 Å². The first-order valence-electron chi connectivity index (χ1n) is 11.1. The zero-order valence-corrected chi connectivity index (χ0v) is 17.6. The molecule has 0 aromatic rings. The fourth-order valence-corrected chi connectivity index (χ4v) is 5.68. The fourth-order valence-electron chi connectivity index (χ4n) is 5.68. The van der Waals surface area contributed by atoms with Crippen molar-refractivity contribution < 1.29 is 9.53 Å². The van der Waals surface area contributed by atoms with Gasteiger partial charge < -0.3 is 4.74 Å². The molecule has 2 aliphatic carbocycles. The van der Waals surface area contributed by atoms with Gasteiger partial charge in [0.25, 0.3) is 0 Å². The van der Waals surface area contributed by atoms with Gasteiger partial charge in [-0.3, -0.25) is 4.79 Å². The van der Waals surface area contributed by atoms with Gasteiger partial charge in [0.15, 0.2) is 0 Å². The van der Waals surface area contributed by atoms with Crippen molar-refractivity contribution in [3.63, 3.8) is 0 Å². The van der Waals surface area contributed by atoms with Crippen LogP contribution in [0.2, 0.25) is 0 Å². The van der Waals surface area contributed by atoms with E-state index >= 15 is 0 Å². The van der Waals surface area contributed by atoms with Crippen LogP contribution in [0.5, 0.6) is 0 Å². The smallest absolute Gasteiger partial charge is 0.309 e. The molecule has 2 rings (SSSR count). The quantitative estimate of drug-likeness (QED) is 0.512. The van der Waals surface area contributed by atoms with Crippen LogP contribution in [0.4, 0.5) is 0 Å². The molecule has 0 amide bonds. The normalized spacial score (nSPS) is 42.2. The SMILES string of the molecule is CCCC1CCC(OC(=O)C2CCC(CCC)C(C)C2C)C(C)C1C. The number of carbonyl (C=O) groups excluding carboxylic acids is 1. The molecule has 0 N–H and O–H groups in total. The molecule has 0 aromatic carbocycles. The summed E-state index contributed by atoms with van der Waals surface area (Å²) in [7, 11) is 0. The maximum Gasteiger partial charge on any atom is 0.309 e. The van der Waals surface area contributed by atoms with Crippen molar-refractivity contribution in [3.05, 3.63) is 0 Å². The summed E-state index contributed by atoms with van der Waals surface area (Å²) in [6.45, 7) is 13.9. The van der Waals surface area contributed by atoms with E-state index in [0.29, 0.717) is 23.7 Å². The second-order valence-electron chi connectivity index (χ2n) is 9.27. The third-order valence-electron chi connectivity index (χ3n) is 7.93. The van der Waals surface area contributed by atoms with Crippen molar-refractivity contribution in [2.75, 3.05) is 0 Å². The molecule has 8 unspecified atom stereocenters. The minimum Gasteiger partial charge on any atom is -0.462 e. The van der Waals surface area contributed by atoms with Crippen molar-refractivity contribution in [2.24, 2.45) is 41.4 Å². The highest BCUT2D eigenvalue weighted by atomic mass is 16.5. The Morgan fingerprint density at radius 3 is 1.84 bits per heavy atom. The molecule has 0 aromatic heterocycles. The van der Waals surface area contributed by atoms with Crippen LogP contribution < -0.4 is 0 Å². The molecule has 0 bridgehead atoms. The van der Waals surface area contributed by atoms with Crippen molar-refractivity contribution in [1.29, 1.82) is 0 Å². The molecular formula is C23H42O2. The number of esters is 1. The summed E-state index contributed by atoms with van der Waals surface area (Å²) in [4.78, 5) is 12.9. The number of hydrogen-bond donors (Lipinski definition) is 0. The zero-order valence-electron chi connectivity index (χ0n) is 17.6. The molecule has 0 heterocycles. The van der Waals surface area contributed by atoms with Crippen LogP contribution in [0.15, 0.2) is 0 Å².